The molecule has 0 bridgehead atoms. The van der Waals surface area contributed by atoms with Crippen LogP contribution in [0.2, 0.25) is 0 Å². The van der Waals surface area contributed by atoms with Gasteiger partial charge in [0.05, 0.1) is 6.54 Å². The predicted octanol–water partition coefficient (Wildman–Crippen LogP) is 2.12. The minimum atomic E-state index is 0.430. The topological polar surface area (TPSA) is 26.0 Å². The van der Waals surface area contributed by atoms with Crippen LogP contribution in [-0.2, 0) is 12.8 Å². The maximum absolute atomic E-state index is 5.36. The first-order chi connectivity index (χ1) is 6.81. The summed E-state index contributed by atoms with van der Waals surface area (Å²) in [4.78, 5) is 0. The van der Waals surface area contributed by atoms with E-state index in [0.29, 0.717) is 6.54 Å². The van der Waals surface area contributed by atoms with Crippen molar-refractivity contribution in [3.63, 3.8) is 0 Å². The van der Waals surface area contributed by atoms with Gasteiger partial charge in [0.25, 0.3) is 0 Å². The van der Waals surface area contributed by atoms with Crippen LogP contribution in [0.3, 0.4) is 0 Å². The third-order valence-electron chi connectivity index (χ3n) is 2.29. The minimum absolute atomic E-state index is 0.430. The van der Waals surface area contributed by atoms with Crippen LogP contribution in [0.15, 0.2) is 18.2 Å². The molecule has 0 amide bonds. The van der Waals surface area contributed by atoms with Crippen LogP contribution < -0.4 is 5.73 Å². The van der Waals surface area contributed by atoms with Gasteiger partial charge in [0.15, 0.2) is 0 Å². The first kappa shape index (κ1) is 10.8. The highest BCUT2D eigenvalue weighted by Crippen LogP contribution is 2.12. The average molecular weight is 187 g/mol. The Hall–Kier alpha value is -1.26. The first-order valence-corrected chi connectivity index (χ1v) is 5.12. The highest BCUT2D eigenvalue weighted by molar-refractivity contribution is 5.44. The zero-order valence-corrected chi connectivity index (χ0v) is 8.93. The lowest BCUT2D eigenvalue weighted by Crippen LogP contribution is -1.95. The molecule has 0 unspecified atom stereocenters. The van der Waals surface area contributed by atoms with Crippen molar-refractivity contribution in [2.24, 2.45) is 5.73 Å². The Balaban J connectivity index is 3.08. The van der Waals surface area contributed by atoms with Gasteiger partial charge in [0.2, 0.25) is 0 Å². The molecule has 1 aromatic carbocycles. The summed E-state index contributed by atoms with van der Waals surface area (Å²) in [6.45, 7) is 4.73. The van der Waals surface area contributed by atoms with E-state index >= 15 is 0 Å². The fourth-order valence-corrected chi connectivity index (χ4v) is 1.41. The summed E-state index contributed by atoms with van der Waals surface area (Å²) >= 11 is 0. The normalized spacial score (nSPS) is 9.36. The maximum Gasteiger partial charge on any atom is 0.0555 e. The van der Waals surface area contributed by atoms with Gasteiger partial charge in [-0.05, 0) is 30.0 Å². The Labute approximate surface area is 86.3 Å². The fraction of sp³-hybridized carbons (Fsp3) is 0.385. The van der Waals surface area contributed by atoms with Crippen LogP contribution in [0.25, 0.3) is 0 Å². The summed E-state index contributed by atoms with van der Waals surface area (Å²) in [6.07, 6.45) is 2.08. The van der Waals surface area contributed by atoms with Crippen molar-refractivity contribution in [3.8, 4) is 11.8 Å². The molecule has 0 atom stereocenters. The highest BCUT2D eigenvalue weighted by Gasteiger charge is 1.98. The van der Waals surface area contributed by atoms with Gasteiger partial charge in [0, 0.05) is 5.56 Å². The van der Waals surface area contributed by atoms with E-state index in [2.05, 4.69) is 43.9 Å². The second-order valence-electron chi connectivity index (χ2n) is 3.20. The van der Waals surface area contributed by atoms with E-state index in [0.717, 1.165) is 18.4 Å². The van der Waals surface area contributed by atoms with Crippen molar-refractivity contribution in [2.75, 3.05) is 6.54 Å². The van der Waals surface area contributed by atoms with E-state index in [4.69, 9.17) is 5.73 Å². The average Bonchev–Trinajstić information content (AvgIpc) is 2.25. The molecular weight excluding hydrogens is 170 g/mol. The molecule has 0 aliphatic heterocycles. The highest BCUT2D eigenvalue weighted by atomic mass is 14.5. The van der Waals surface area contributed by atoms with Crippen molar-refractivity contribution in [2.45, 2.75) is 26.7 Å². The molecule has 1 aromatic rings. The quantitative estimate of drug-likeness (QED) is 0.705. The van der Waals surface area contributed by atoms with Crippen molar-refractivity contribution in [3.05, 3.63) is 34.9 Å². The van der Waals surface area contributed by atoms with Crippen LogP contribution in [-0.4, -0.2) is 6.54 Å². The van der Waals surface area contributed by atoms with Crippen molar-refractivity contribution >= 4 is 0 Å². The Morgan fingerprint density at radius 2 is 2.00 bits per heavy atom. The Morgan fingerprint density at radius 3 is 2.57 bits per heavy atom. The summed E-state index contributed by atoms with van der Waals surface area (Å²) in [5, 5.41) is 0. The van der Waals surface area contributed by atoms with E-state index in [1.165, 1.54) is 11.1 Å². The Bertz CT molecular complexity index is 355. The number of rotatable bonds is 2. The SMILES string of the molecule is CCc1ccc(CC)c(C#CCN)c1. The summed E-state index contributed by atoms with van der Waals surface area (Å²) in [6, 6.07) is 6.51. The van der Waals surface area contributed by atoms with Crippen LogP contribution in [0, 0.1) is 11.8 Å². The molecule has 0 aliphatic carbocycles. The Kier molecular flexibility index (Phi) is 4.22. The molecule has 1 rings (SSSR count). The molecular formula is C13H17N. The summed E-state index contributed by atoms with van der Waals surface area (Å²) < 4.78 is 0. The van der Waals surface area contributed by atoms with Gasteiger partial charge in [-0.25, -0.2) is 0 Å². The van der Waals surface area contributed by atoms with Gasteiger partial charge in [0.1, 0.15) is 0 Å². The van der Waals surface area contributed by atoms with E-state index in [9.17, 15) is 0 Å². The molecule has 14 heavy (non-hydrogen) atoms. The van der Waals surface area contributed by atoms with E-state index < -0.39 is 0 Å². The van der Waals surface area contributed by atoms with Crippen molar-refractivity contribution in [1.82, 2.24) is 0 Å². The zero-order valence-electron chi connectivity index (χ0n) is 8.93. The smallest absolute Gasteiger partial charge is 0.0555 e. The van der Waals surface area contributed by atoms with Gasteiger partial charge in [-0.2, -0.15) is 0 Å². The van der Waals surface area contributed by atoms with Gasteiger partial charge >= 0.3 is 0 Å². The van der Waals surface area contributed by atoms with Gasteiger partial charge in [-0.3, -0.25) is 0 Å². The predicted molar refractivity (Wildman–Crippen MR) is 61.1 cm³/mol. The van der Waals surface area contributed by atoms with Crippen LogP contribution in [0.4, 0.5) is 0 Å². The van der Waals surface area contributed by atoms with Gasteiger partial charge in [-0.15, -0.1) is 0 Å². The van der Waals surface area contributed by atoms with Gasteiger partial charge < -0.3 is 5.73 Å². The number of benzene rings is 1. The molecule has 0 fully saturated rings. The lowest BCUT2D eigenvalue weighted by Gasteiger charge is -2.03. The molecule has 0 saturated heterocycles. The van der Waals surface area contributed by atoms with E-state index in [-0.39, 0.29) is 0 Å². The monoisotopic (exact) mass is 187 g/mol. The molecule has 0 aromatic heterocycles. The third-order valence-corrected chi connectivity index (χ3v) is 2.29. The largest absolute Gasteiger partial charge is 0.320 e. The number of nitrogens with two attached hydrogens (primary N) is 1. The molecule has 0 heterocycles. The van der Waals surface area contributed by atoms with Crippen LogP contribution >= 0.6 is 0 Å². The maximum atomic E-state index is 5.36. The van der Waals surface area contributed by atoms with E-state index in [1.54, 1.807) is 0 Å². The molecule has 74 valence electrons. The number of hydrogen-bond acceptors (Lipinski definition) is 1. The summed E-state index contributed by atoms with van der Waals surface area (Å²) in [7, 11) is 0. The minimum Gasteiger partial charge on any atom is -0.320 e. The number of hydrogen-bond donors (Lipinski definition) is 1. The molecule has 0 spiro atoms. The van der Waals surface area contributed by atoms with Crippen molar-refractivity contribution in [1.29, 1.82) is 0 Å². The molecule has 1 nitrogen and oxygen atoms in total. The first-order valence-electron chi connectivity index (χ1n) is 5.12. The van der Waals surface area contributed by atoms with Crippen molar-refractivity contribution < 1.29 is 0 Å². The number of aryl methyl sites for hydroxylation is 2. The molecule has 0 aliphatic rings. The summed E-state index contributed by atoms with van der Waals surface area (Å²) in [5.74, 6) is 6.03. The second-order valence-corrected chi connectivity index (χ2v) is 3.20. The zero-order chi connectivity index (χ0) is 10.4. The Morgan fingerprint density at radius 1 is 1.21 bits per heavy atom. The second kappa shape index (κ2) is 5.47. The van der Waals surface area contributed by atoms with E-state index in [1.807, 2.05) is 0 Å². The molecule has 2 N–H and O–H groups in total. The molecule has 0 radical (unpaired) electrons. The fourth-order valence-electron chi connectivity index (χ4n) is 1.41. The summed E-state index contributed by atoms with van der Waals surface area (Å²) in [5.41, 5.74) is 9.15. The standard InChI is InChI=1S/C13H17N/c1-3-11-7-8-12(4-2)13(10-11)6-5-9-14/h7-8,10H,3-4,9,14H2,1-2H3. The van der Waals surface area contributed by atoms with Crippen LogP contribution in [0.1, 0.15) is 30.5 Å². The lowest BCUT2D eigenvalue weighted by atomic mass is 10.0. The molecule has 0 saturated carbocycles. The van der Waals surface area contributed by atoms with Crippen LogP contribution in [0.5, 0.6) is 0 Å². The molecule has 1 heteroatoms. The third kappa shape index (κ3) is 2.61. The van der Waals surface area contributed by atoms with Gasteiger partial charge in [-0.1, -0.05) is 37.8 Å². The lowest BCUT2D eigenvalue weighted by molar-refractivity contribution is 1.09.